The molecule has 6 aromatic heterocycles. The molecule has 8 heteroatoms. The molecule has 0 unspecified atom stereocenters. The number of ether oxygens (including phenoxy) is 1. The van der Waals surface area contributed by atoms with Crippen LogP contribution in [0.2, 0.25) is 0 Å². The van der Waals surface area contributed by atoms with E-state index in [-0.39, 0.29) is 6.10 Å². The summed E-state index contributed by atoms with van der Waals surface area (Å²) in [5, 5.41) is 9.69. The van der Waals surface area contributed by atoms with Crippen molar-refractivity contribution < 1.29 is 4.74 Å². The predicted molar refractivity (Wildman–Crippen MR) is 143 cm³/mol. The zero-order chi connectivity index (χ0) is 24.6. The third-order valence-electron chi connectivity index (χ3n) is 7.04. The second kappa shape index (κ2) is 9.13. The van der Waals surface area contributed by atoms with Gasteiger partial charge in [-0.2, -0.15) is 5.10 Å². The fourth-order valence-corrected chi connectivity index (χ4v) is 5.18. The summed E-state index contributed by atoms with van der Waals surface area (Å²) >= 11 is 0. The molecule has 0 saturated heterocycles. The molecule has 182 valence electrons. The molecule has 0 radical (unpaired) electrons. The van der Waals surface area contributed by atoms with Gasteiger partial charge in [-0.3, -0.25) is 20.1 Å². The van der Waals surface area contributed by atoms with Crippen LogP contribution < -0.4 is 4.74 Å². The van der Waals surface area contributed by atoms with Gasteiger partial charge in [0.25, 0.3) is 0 Å². The summed E-state index contributed by atoms with van der Waals surface area (Å²) in [6.45, 7) is 0. The second-order valence-electron chi connectivity index (χ2n) is 9.49. The van der Waals surface area contributed by atoms with Gasteiger partial charge in [-0.05, 0) is 62.1 Å². The maximum absolute atomic E-state index is 6.24. The van der Waals surface area contributed by atoms with Gasteiger partial charge in [0.05, 0.1) is 41.1 Å². The molecule has 0 bridgehead atoms. The Morgan fingerprint density at radius 3 is 2.65 bits per heavy atom. The van der Waals surface area contributed by atoms with Crippen molar-refractivity contribution in [1.82, 2.24) is 35.1 Å². The summed E-state index contributed by atoms with van der Waals surface area (Å²) in [5.74, 6) is 0.794. The van der Waals surface area contributed by atoms with Crippen molar-refractivity contribution in [2.75, 3.05) is 0 Å². The van der Waals surface area contributed by atoms with Crippen molar-refractivity contribution in [2.24, 2.45) is 0 Å². The van der Waals surface area contributed by atoms with Gasteiger partial charge < -0.3 is 9.72 Å². The Hall–Kier alpha value is -4.59. The van der Waals surface area contributed by atoms with Crippen LogP contribution in [0.15, 0.2) is 73.4 Å². The van der Waals surface area contributed by atoms with Crippen LogP contribution in [0.1, 0.15) is 32.1 Å². The molecule has 0 spiro atoms. The molecule has 2 N–H and O–H groups in total. The highest BCUT2D eigenvalue weighted by Crippen LogP contribution is 2.34. The fourth-order valence-electron chi connectivity index (χ4n) is 5.18. The molecule has 0 amide bonds. The number of nitrogens with one attached hydrogen (secondary N) is 2. The van der Waals surface area contributed by atoms with Gasteiger partial charge >= 0.3 is 0 Å². The van der Waals surface area contributed by atoms with E-state index in [1.165, 1.54) is 19.3 Å². The summed E-state index contributed by atoms with van der Waals surface area (Å²) in [5.41, 5.74) is 7.00. The smallest absolute Gasteiger partial charge is 0.138 e. The average molecular weight is 488 g/mol. The largest absolute Gasteiger partial charge is 0.489 e. The van der Waals surface area contributed by atoms with Crippen LogP contribution in [-0.2, 0) is 0 Å². The lowest BCUT2D eigenvalue weighted by Crippen LogP contribution is -2.19. The zero-order valence-corrected chi connectivity index (χ0v) is 20.2. The van der Waals surface area contributed by atoms with E-state index in [4.69, 9.17) is 4.74 Å². The first-order valence-electron chi connectivity index (χ1n) is 12.7. The molecule has 0 atom stereocenters. The fraction of sp³-hybridized carbons (Fsp3) is 0.207. The van der Waals surface area contributed by atoms with Crippen molar-refractivity contribution in [3.8, 4) is 39.7 Å². The molecule has 1 saturated carbocycles. The number of aromatic nitrogens is 7. The number of fused-ring (bicyclic) bond motifs is 2. The van der Waals surface area contributed by atoms with Crippen LogP contribution in [-0.4, -0.2) is 41.2 Å². The summed E-state index contributed by atoms with van der Waals surface area (Å²) in [7, 11) is 0. The van der Waals surface area contributed by atoms with Crippen molar-refractivity contribution >= 4 is 21.9 Å². The van der Waals surface area contributed by atoms with E-state index in [0.29, 0.717) is 0 Å². The molecule has 7 rings (SSSR count). The Morgan fingerprint density at radius 2 is 1.76 bits per heavy atom. The maximum atomic E-state index is 6.24. The first-order valence-corrected chi connectivity index (χ1v) is 12.7. The first-order chi connectivity index (χ1) is 18.3. The Morgan fingerprint density at radius 1 is 0.811 bits per heavy atom. The normalized spacial score (nSPS) is 14.4. The number of H-pyrrole nitrogens is 2. The number of hydrogen-bond donors (Lipinski definition) is 2. The predicted octanol–water partition coefficient (Wildman–Crippen LogP) is 6.34. The van der Waals surface area contributed by atoms with Crippen molar-refractivity contribution in [3.05, 3.63) is 73.4 Å². The SMILES string of the molecule is c1ccc(-c2ccnc3[nH]c(-c4n[nH]c5cnc(-c6cncc(OC7CCCCC7)c6)cc45)cc23)nc1. The van der Waals surface area contributed by atoms with Crippen molar-refractivity contribution in [3.63, 3.8) is 0 Å². The maximum Gasteiger partial charge on any atom is 0.138 e. The van der Waals surface area contributed by atoms with Gasteiger partial charge in [-0.1, -0.05) is 12.5 Å². The molecule has 1 aliphatic carbocycles. The van der Waals surface area contributed by atoms with Crippen LogP contribution in [0.5, 0.6) is 5.75 Å². The van der Waals surface area contributed by atoms with Gasteiger partial charge in [0, 0.05) is 40.5 Å². The Labute approximate surface area is 213 Å². The molecule has 1 fully saturated rings. The monoisotopic (exact) mass is 487 g/mol. The lowest BCUT2D eigenvalue weighted by Gasteiger charge is -2.22. The summed E-state index contributed by atoms with van der Waals surface area (Å²) < 4.78 is 6.24. The minimum absolute atomic E-state index is 0.272. The van der Waals surface area contributed by atoms with Gasteiger partial charge in [-0.25, -0.2) is 4.98 Å². The summed E-state index contributed by atoms with van der Waals surface area (Å²) in [6.07, 6.45) is 15.3. The van der Waals surface area contributed by atoms with Crippen LogP contribution in [0.3, 0.4) is 0 Å². The number of pyridine rings is 4. The van der Waals surface area contributed by atoms with Crippen LogP contribution in [0, 0.1) is 0 Å². The zero-order valence-electron chi connectivity index (χ0n) is 20.2. The van der Waals surface area contributed by atoms with E-state index in [2.05, 4.69) is 41.2 Å². The van der Waals surface area contributed by atoms with Gasteiger partial charge in [0.2, 0.25) is 0 Å². The number of hydrogen-bond acceptors (Lipinski definition) is 6. The quantitative estimate of drug-likeness (QED) is 0.294. The molecule has 6 heterocycles. The molecule has 0 aromatic carbocycles. The van der Waals surface area contributed by atoms with Crippen LogP contribution in [0.25, 0.3) is 55.8 Å². The van der Waals surface area contributed by atoms with Gasteiger partial charge in [0.15, 0.2) is 0 Å². The lowest BCUT2D eigenvalue weighted by molar-refractivity contribution is 0.154. The summed E-state index contributed by atoms with van der Waals surface area (Å²) in [4.78, 5) is 21.6. The molecule has 1 aliphatic rings. The first kappa shape index (κ1) is 21.7. The van der Waals surface area contributed by atoms with E-state index in [0.717, 1.165) is 74.4 Å². The number of nitrogens with zero attached hydrogens (tertiary/aromatic N) is 5. The molecule has 0 aliphatic heterocycles. The number of rotatable bonds is 5. The highest BCUT2D eigenvalue weighted by atomic mass is 16.5. The van der Waals surface area contributed by atoms with Crippen molar-refractivity contribution in [1.29, 1.82) is 0 Å². The Bertz CT molecular complexity index is 1700. The third kappa shape index (κ3) is 4.10. The topological polar surface area (TPSA) is 105 Å². The molecular weight excluding hydrogens is 462 g/mol. The minimum atomic E-state index is 0.272. The average Bonchev–Trinajstić information content (AvgIpc) is 3.58. The Kier molecular flexibility index (Phi) is 5.35. The van der Waals surface area contributed by atoms with E-state index in [1.807, 2.05) is 48.8 Å². The van der Waals surface area contributed by atoms with Crippen LogP contribution in [0.4, 0.5) is 0 Å². The molecule has 37 heavy (non-hydrogen) atoms. The van der Waals surface area contributed by atoms with E-state index >= 15 is 0 Å². The Balaban J connectivity index is 1.26. The highest BCUT2D eigenvalue weighted by Gasteiger charge is 2.17. The molecular formula is C29H25N7O. The van der Waals surface area contributed by atoms with E-state index < -0.39 is 0 Å². The van der Waals surface area contributed by atoms with E-state index in [1.54, 1.807) is 18.6 Å². The second-order valence-corrected chi connectivity index (χ2v) is 9.49. The molecule has 6 aromatic rings. The lowest BCUT2D eigenvalue weighted by atomic mass is 9.98. The minimum Gasteiger partial charge on any atom is -0.489 e. The van der Waals surface area contributed by atoms with Crippen LogP contribution >= 0.6 is 0 Å². The molecule has 8 nitrogen and oxygen atoms in total. The van der Waals surface area contributed by atoms with Crippen molar-refractivity contribution in [2.45, 2.75) is 38.2 Å². The van der Waals surface area contributed by atoms with Gasteiger partial charge in [-0.15, -0.1) is 0 Å². The van der Waals surface area contributed by atoms with E-state index in [9.17, 15) is 0 Å². The van der Waals surface area contributed by atoms with Gasteiger partial charge in [0.1, 0.15) is 17.1 Å². The number of aromatic amines is 2. The standard InChI is InChI=1S/C29H25N7O/c1-2-6-19(7-3-1)37-20-12-18(15-30-16-20)25-14-23-27(17-33-25)35-36-28(23)26-13-22-21(9-11-32-29(22)34-26)24-8-4-5-10-31-24/h4-5,8-17,19H,1-3,6-7H2,(H,32,34)(H,35,36). The summed E-state index contributed by atoms with van der Waals surface area (Å²) in [6, 6.07) is 14.1. The third-order valence-corrected chi connectivity index (χ3v) is 7.04. The highest BCUT2D eigenvalue weighted by molar-refractivity contribution is 5.99.